The van der Waals surface area contributed by atoms with Crippen LogP contribution in [0.3, 0.4) is 0 Å². The number of hydrogen-bond acceptors (Lipinski definition) is 3. The van der Waals surface area contributed by atoms with Crippen molar-refractivity contribution < 1.29 is 18.7 Å². The molecular weight excluding hydrogens is 254 g/mol. The molecule has 1 aliphatic heterocycles. The minimum absolute atomic E-state index is 0.186. The van der Waals surface area contributed by atoms with Crippen LogP contribution in [0, 0.1) is 11.6 Å². The van der Waals surface area contributed by atoms with Gasteiger partial charge in [0.15, 0.2) is 11.6 Å². The van der Waals surface area contributed by atoms with E-state index in [-0.39, 0.29) is 24.2 Å². The number of rotatable bonds is 3. The normalized spacial score (nSPS) is 17.4. The second-order valence-electron chi connectivity index (χ2n) is 4.68. The first-order valence-electron chi connectivity index (χ1n) is 6.20. The van der Waals surface area contributed by atoms with Gasteiger partial charge >= 0.3 is 0 Å². The number of aliphatic hydroxyl groups is 1. The summed E-state index contributed by atoms with van der Waals surface area (Å²) in [6.45, 7) is 1.50. The van der Waals surface area contributed by atoms with E-state index < -0.39 is 11.6 Å². The van der Waals surface area contributed by atoms with Gasteiger partial charge in [-0.15, -0.1) is 0 Å². The molecule has 0 spiro atoms. The van der Waals surface area contributed by atoms with E-state index in [9.17, 15) is 18.7 Å². The van der Waals surface area contributed by atoms with Crippen molar-refractivity contribution in [2.45, 2.75) is 18.9 Å². The summed E-state index contributed by atoms with van der Waals surface area (Å²) in [7, 11) is 0. The molecule has 0 saturated carbocycles. The monoisotopic (exact) mass is 270 g/mol. The lowest BCUT2D eigenvalue weighted by atomic mass is 10.1. The third-order valence-electron chi connectivity index (χ3n) is 3.13. The summed E-state index contributed by atoms with van der Waals surface area (Å²) in [6, 6.07) is 3.24. The molecule has 1 saturated heterocycles. The van der Waals surface area contributed by atoms with E-state index in [4.69, 9.17) is 0 Å². The van der Waals surface area contributed by atoms with E-state index in [1.54, 1.807) is 0 Å². The molecule has 1 aliphatic rings. The zero-order valence-corrected chi connectivity index (χ0v) is 10.4. The minimum atomic E-state index is -0.987. The number of carbonyl (C=O) groups excluding carboxylic acids is 1. The average molecular weight is 270 g/mol. The Labute approximate surface area is 110 Å². The largest absolute Gasteiger partial charge is 0.393 e. The number of nitrogens with one attached hydrogen (secondary N) is 1. The van der Waals surface area contributed by atoms with Crippen molar-refractivity contribution in [3.05, 3.63) is 29.8 Å². The lowest BCUT2D eigenvalue weighted by Gasteiger charge is -2.28. The first-order valence-corrected chi connectivity index (χ1v) is 6.20. The molecule has 0 aromatic heterocycles. The number of hydrogen-bond donors (Lipinski definition) is 2. The number of aliphatic hydroxyl groups excluding tert-OH is 1. The van der Waals surface area contributed by atoms with E-state index >= 15 is 0 Å². The molecule has 1 fully saturated rings. The number of benzene rings is 1. The van der Waals surface area contributed by atoms with Gasteiger partial charge in [0, 0.05) is 24.8 Å². The molecule has 0 unspecified atom stereocenters. The number of anilines is 1. The number of carbonyl (C=O) groups is 1. The first-order chi connectivity index (χ1) is 9.04. The molecule has 0 atom stereocenters. The molecule has 4 nitrogen and oxygen atoms in total. The van der Waals surface area contributed by atoms with Crippen molar-refractivity contribution >= 4 is 11.6 Å². The lowest BCUT2D eigenvalue weighted by molar-refractivity contribution is -0.117. The highest BCUT2D eigenvalue weighted by Gasteiger charge is 2.19. The van der Waals surface area contributed by atoms with Gasteiger partial charge in [-0.3, -0.25) is 9.69 Å². The highest BCUT2D eigenvalue weighted by atomic mass is 19.2. The van der Waals surface area contributed by atoms with E-state index in [2.05, 4.69) is 5.32 Å². The standard InChI is InChI=1S/C13H16F2N2O2/c14-11-2-1-9(7-12(11)15)16-13(19)8-17-5-3-10(18)4-6-17/h1-2,7,10,18H,3-6,8H2,(H,16,19). The molecular formula is C13H16F2N2O2. The third kappa shape index (κ3) is 3.97. The van der Waals surface area contributed by atoms with Crippen molar-refractivity contribution in [2.24, 2.45) is 0 Å². The molecule has 104 valence electrons. The summed E-state index contributed by atoms with van der Waals surface area (Å²) in [5.74, 6) is -2.20. The van der Waals surface area contributed by atoms with Crippen molar-refractivity contribution in [1.29, 1.82) is 0 Å². The fraction of sp³-hybridized carbons (Fsp3) is 0.462. The van der Waals surface area contributed by atoms with Crippen LogP contribution in [0.4, 0.5) is 14.5 Å². The fourth-order valence-corrected chi connectivity index (χ4v) is 2.05. The Morgan fingerprint density at radius 1 is 1.32 bits per heavy atom. The number of piperidine rings is 1. The maximum atomic E-state index is 13.0. The number of halogens is 2. The van der Waals surface area contributed by atoms with Crippen molar-refractivity contribution in [2.75, 3.05) is 25.0 Å². The highest BCUT2D eigenvalue weighted by Crippen LogP contribution is 2.14. The molecule has 1 heterocycles. The Bertz CT molecular complexity index is 460. The molecule has 0 bridgehead atoms. The van der Waals surface area contributed by atoms with Crippen molar-refractivity contribution in [3.8, 4) is 0 Å². The van der Waals surface area contributed by atoms with E-state index in [0.717, 1.165) is 12.1 Å². The Kier molecular flexibility index (Phi) is 4.44. The van der Waals surface area contributed by atoms with Gasteiger partial charge in [0.2, 0.25) is 5.91 Å². The van der Waals surface area contributed by atoms with Gasteiger partial charge in [0.1, 0.15) is 0 Å². The van der Waals surface area contributed by atoms with E-state index in [0.29, 0.717) is 25.9 Å². The quantitative estimate of drug-likeness (QED) is 0.872. The van der Waals surface area contributed by atoms with Gasteiger partial charge in [-0.25, -0.2) is 8.78 Å². The van der Waals surface area contributed by atoms with Gasteiger partial charge in [0.25, 0.3) is 0 Å². The number of likely N-dealkylation sites (tertiary alicyclic amines) is 1. The van der Waals surface area contributed by atoms with Crippen molar-refractivity contribution in [1.82, 2.24) is 4.90 Å². The summed E-state index contributed by atoms with van der Waals surface area (Å²) >= 11 is 0. The molecule has 0 aliphatic carbocycles. The summed E-state index contributed by atoms with van der Waals surface area (Å²) in [4.78, 5) is 13.6. The zero-order chi connectivity index (χ0) is 13.8. The van der Waals surface area contributed by atoms with Crippen LogP contribution in [0.5, 0.6) is 0 Å². The molecule has 1 aromatic carbocycles. The molecule has 1 aromatic rings. The summed E-state index contributed by atoms with van der Waals surface area (Å²) in [5.41, 5.74) is 0.237. The molecule has 0 radical (unpaired) electrons. The van der Waals surface area contributed by atoms with Gasteiger partial charge < -0.3 is 10.4 Å². The van der Waals surface area contributed by atoms with Gasteiger partial charge in [-0.2, -0.15) is 0 Å². The fourth-order valence-electron chi connectivity index (χ4n) is 2.05. The maximum Gasteiger partial charge on any atom is 0.238 e. The Balaban J connectivity index is 1.85. The lowest BCUT2D eigenvalue weighted by Crippen LogP contribution is -2.40. The van der Waals surface area contributed by atoms with Gasteiger partial charge in [-0.1, -0.05) is 0 Å². The van der Waals surface area contributed by atoms with Crippen LogP contribution in [-0.2, 0) is 4.79 Å². The molecule has 19 heavy (non-hydrogen) atoms. The second kappa shape index (κ2) is 6.08. The van der Waals surface area contributed by atoms with Gasteiger partial charge in [0.05, 0.1) is 12.6 Å². The number of nitrogens with zero attached hydrogens (tertiary/aromatic N) is 1. The SMILES string of the molecule is O=C(CN1CCC(O)CC1)Nc1ccc(F)c(F)c1. The van der Waals surface area contributed by atoms with Crippen molar-refractivity contribution in [3.63, 3.8) is 0 Å². The first kappa shape index (κ1) is 13.9. The van der Waals surface area contributed by atoms with Crippen LogP contribution >= 0.6 is 0 Å². The topological polar surface area (TPSA) is 52.6 Å². The second-order valence-corrected chi connectivity index (χ2v) is 4.68. The molecule has 6 heteroatoms. The highest BCUT2D eigenvalue weighted by molar-refractivity contribution is 5.92. The Morgan fingerprint density at radius 3 is 2.63 bits per heavy atom. The Morgan fingerprint density at radius 2 is 2.00 bits per heavy atom. The van der Waals surface area contributed by atoms with E-state index in [1.165, 1.54) is 6.07 Å². The predicted molar refractivity (Wildman–Crippen MR) is 66.7 cm³/mol. The van der Waals surface area contributed by atoms with Crippen LogP contribution in [0.25, 0.3) is 0 Å². The molecule has 2 N–H and O–H groups in total. The zero-order valence-electron chi connectivity index (χ0n) is 10.4. The molecule has 1 amide bonds. The van der Waals surface area contributed by atoms with E-state index in [1.807, 2.05) is 4.90 Å². The van der Waals surface area contributed by atoms with Crippen LogP contribution in [-0.4, -0.2) is 41.7 Å². The smallest absolute Gasteiger partial charge is 0.238 e. The summed E-state index contributed by atoms with van der Waals surface area (Å²) < 4.78 is 25.7. The average Bonchev–Trinajstić information content (AvgIpc) is 2.37. The van der Waals surface area contributed by atoms with Crippen LogP contribution in [0.2, 0.25) is 0 Å². The maximum absolute atomic E-state index is 13.0. The van der Waals surface area contributed by atoms with Crippen LogP contribution in [0.15, 0.2) is 18.2 Å². The molecule has 2 rings (SSSR count). The predicted octanol–water partition coefficient (Wildman–Crippen LogP) is 1.36. The summed E-state index contributed by atoms with van der Waals surface area (Å²) in [6.07, 6.45) is 1.02. The Hall–Kier alpha value is -1.53. The summed E-state index contributed by atoms with van der Waals surface area (Å²) in [5, 5.41) is 11.9. The van der Waals surface area contributed by atoms with Crippen LogP contribution < -0.4 is 5.32 Å². The van der Waals surface area contributed by atoms with Crippen LogP contribution in [0.1, 0.15) is 12.8 Å². The van der Waals surface area contributed by atoms with Gasteiger partial charge in [-0.05, 0) is 25.0 Å². The minimum Gasteiger partial charge on any atom is -0.393 e. The third-order valence-corrected chi connectivity index (χ3v) is 3.13. The number of amides is 1.